The number of carbonyl (C=O) groups excluding carboxylic acids is 1. The maximum Gasteiger partial charge on any atom is 0.258 e. The van der Waals surface area contributed by atoms with Crippen molar-refractivity contribution in [2.45, 2.75) is 32.1 Å². The Hall–Kier alpha value is -1.88. The van der Waals surface area contributed by atoms with E-state index in [1.54, 1.807) is 17.7 Å². The van der Waals surface area contributed by atoms with Crippen molar-refractivity contribution in [3.05, 3.63) is 41.3 Å². The van der Waals surface area contributed by atoms with Crippen LogP contribution in [0, 0.1) is 5.92 Å². The highest BCUT2D eigenvalue weighted by Crippen LogP contribution is 2.36. The largest absolute Gasteiger partial charge is 0.351 e. The Morgan fingerprint density at radius 3 is 3.14 bits per heavy atom. The fourth-order valence-electron chi connectivity index (χ4n) is 3.53. The van der Waals surface area contributed by atoms with Gasteiger partial charge in [-0.3, -0.25) is 4.79 Å². The fraction of sp³-hybridized carbons (Fsp3) is 0.412. The summed E-state index contributed by atoms with van der Waals surface area (Å²) in [6, 6.07) is 1.97. The molecule has 0 saturated carbocycles. The molecule has 1 fully saturated rings. The summed E-state index contributed by atoms with van der Waals surface area (Å²) in [6.07, 6.45) is 11.8. The van der Waals surface area contributed by atoms with Gasteiger partial charge in [0.25, 0.3) is 5.91 Å². The van der Waals surface area contributed by atoms with Crippen molar-refractivity contribution >= 4 is 17.2 Å². The molecule has 0 bridgehead atoms. The first-order chi connectivity index (χ1) is 10.8. The highest BCUT2D eigenvalue weighted by Gasteiger charge is 2.31. The summed E-state index contributed by atoms with van der Waals surface area (Å²) in [6.45, 7) is 0.856. The highest BCUT2D eigenvalue weighted by atomic mass is 32.1. The van der Waals surface area contributed by atoms with E-state index in [4.69, 9.17) is 0 Å². The first-order valence-corrected chi connectivity index (χ1v) is 8.80. The zero-order valence-corrected chi connectivity index (χ0v) is 13.2. The maximum absolute atomic E-state index is 12.9. The van der Waals surface area contributed by atoms with E-state index in [9.17, 15) is 4.79 Å². The van der Waals surface area contributed by atoms with Crippen molar-refractivity contribution in [3.63, 3.8) is 0 Å². The number of imidazole rings is 1. The standard InChI is InChI=1S/C17H19N3OS/c21-17(13-8-16(22-10-13)14-9-18-11-19-14)20-7-3-5-12-4-1-2-6-15(12)20/h6,8-12H,1-5,7H2,(H,18,19). The number of likely N-dealkylation sites (tertiary alicyclic amines) is 1. The topological polar surface area (TPSA) is 49.0 Å². The number of rotatable bonds is 2. The molecule has 4 rings (SSSR count). The quantitative estimate of drug-likeness (QED) is 0.909. The second-order valence-electron chi connectivity index (χ2n) is 6.01. The minimum Gasteiger partial charge on any atom is -0.351 e. The lowest BCUT2D eigenvalue weighted by Gasteiger charge is -2.37. The van der Waals surface area contributed by atoms with E-state index in [1.165, 1.54) is 25.0 Å². The zero-order chi connectivity index (χ0) is 14.9. The van der Waals surface area contributed by atoms with Gasteiger partial charge in [-0.05, 0) is 44.1 Å². The van der Waals surface area contributed by atoms with Gasteiger partial charge in [0, 0.05) is 23.8 Å². The minimum absolute atomic E-state index is 0.149. The number of fused-ring (bicyclic) bond motifs is 1. The fourth-order valence-corrected chi connectivity index (χ4v) is 4.38. The molecule has 114 valence electrons. The van der Waals surface area contributed by atoms with Crippen molar-refractivity contribution in [3.8, 4) is 10.6 Å². The summed E-state index contributed by atoms with van der Waals surface area (Å²) < 4.78 is 0. The number of hydrogen-bond acceptors (Lipinski definition) is 3. The molecular weight excluding hydrogens is 294 g/mol. The third-order valence-corrected chi connectivity index (χ3v) is 5.57. The van der Waals surface area contributed by atoms with Gasteiger partial charge >= 0.3 is 0 Å². The molecule has 1 aliphatic heterocycles. The van der Waals surface area contributed by atoms with Crippen LogP contribution in [0.4, 0.5) is 0 Å². The van der Waals surface area contributed by atoms with Gasteiger partial charge in [-0.25, -0.2) is 4.98 Å². The number of H-pyrrole nitrogens is 1. The van der Waals surface area contributed by atoms with E-state index in [0.29, 0.717) is 5.92 Å². The highest BCUT2D eigenvalue weighted by molar-refractivity contribution is 7.13. The predicted octanol–water partition coefficient (Wildman–Crippen LogP) is 4.06. The molecular formula is C17H19N3OS. The van der Waals surface area contributed by atoms with Gasteiger partial charge in [0.15, 0.2) is 0 Å². The van der Waals surface area contributed by atoms with Crippen LogP contribution < -0.4 is 0 Å². The molecule has 2 aromatic heterocycles. The summed E-state index contributed by atoms with van der Waals surface area (Å²) in [7, 11) is 0. The molecule has 4 nitrogen and oxygen atoms in total. The molecule has 1 saturated heterocycles. The summed E-state index contributed by atoms with van der Waals surface area (Å²) in [5, 5.41) is 1.96. The number of carbonyl (C=O) groups is 1. The number of allylic oxidation sites excluding steroid dienone is 2. The monoisotopic (exact) mass is 313 g/mol. The molecule has 1 atom stereocenters. The van der Waals surface area contributed by atoms with Crippen LogP contribution in [0.15, 0.2) is 35.7 Å². The van der Waals surface area contributed by atoms with Gasteiger partial charge in [-0.2, -0.15) is 0 Å². The average Bonchev–Trinajstić information content (AvgIpc) is 3.24. The Morgan fingerprint density at radius 2 is 2.27 bits per heavy atom. The lowest BCUT2D eigenvalue weighted by atomic mass is 9.84. The van der Waals surface area contributed by atoms with Crippen LogP contribution in [0.5, 0.6) is 0 Å². The summed E-state index contributed by atoms with van der Waals surface area (Å²) >= 11 is 1.58. The molecule has 2 aromatic rings. The second-order valence-corrected chi connectivity index (χ2v) is 6.92. The van der Waals surface area contributed by atoms with Gasteiger partial charge in [0.1, 0.15) is 0 Å². The van der Waals surface area contributed by atoms with Gasteiger partial charge in [-0.1, -0.05) is 6.08 Å². The number of piperidine rings is 1. The number of hydrogen-bond donors (Lipinski definition) is 1. The Kier molecular flexibility index (Phi) is 3.58. The molecule has 0 spiro atoms. The van der Waals surface area contributed by atoms with E-state index < -0.39 is 0 Å². The van der Waals surface area contributed by atoms with Crippen LogP contribution in [-0.2, 0) is 0 Å². The van der Waals surface area contributed by atoms with Crippen LogP contribution in [0.2, 0.25) is 0 Å². The molecule has 1 amide bonds. The summed E-state index contributed by atoms with van der Waals surface area (Å²) in [5.41, 5.74) is 2.96. The number of aromatic amines is 1. The number of nitrogens with zero attached hydrogens (tertiary/aromatic N) is 2. The SMILES string of the molecule is O=C(c1csc(-c2c[nH]cn2)c1)N1CCCC2CCCC=C21. The van der Waals surface area contributed by atoms with Crippen molar-refractivity contribution < 1.29 is 4.79 Å². The van der Waals surface area contributed by atoms with E-state index >= 15 is 0 Å². The third kappa shape index (κ3) is 2.39. The lowest BCUT2D eigenvalue weighted by molar-refractivity contribution is 0.0749. The molecule has 1 aliphatic carbocycles. The van der Waals surface area contributed by atoms with Gasteiger partial charge in [0.2, 0.25) is 0 Å². The lowest BCUT2D eigenvalue weighted by Crippen LogP contribution is -2.38. The van der Waals surface area contributed by atoms with E-state index in [1.807, 2.05) is 22.5 Å². The zero-order valence-electron chi connectivity index (χ0n) is 12.4. The Morgan fingerprint density at radius 1 is 1.36 bits per heavy atom. The third-order valence-electron chi connectivity index (χ3n) is 4.62. The van der Waals surface area contributed by atoms with Crippen LogP contribution in [-0.4, -0.2) is 27.3 Å². The normalized spacial score (nSPS) is 21.4. The van der Waals surface area contributed by atoms with E-state index in [0.717, 1.165) is 35.5 Å². The molecule has 5 heteroatoms. The second kappa shape index (κ2) is 5.72. The number of nitrogens with one attached hydrogen (secondary N) is 1. The molecule has 1 unspecified atom stereocenters. The molecule has 2 aliphatic rings. The van der Waals surface area contributed by atoms with Crippen molar-refractivity contribution in [2.24, 2.45) is 5.92 Å². The molecule has 1 N–H and O–H groups in total. The Bertz CT molecular complexity index is 701. The molecule has 0 radical (unpaired) electrons. The summed E-state index contributed by atoms with van der Waals surface area (Å²) in [5.74, 6) is 0.742. The first kappa shape index (κ1) is 13.8. The van der Waals surface area contributed by atoms with Crippen molar-refractivity contribution in [1.82, 2.24) is 14.9 Å². The maximum atomic E-state index is 12.9. The molecule has 0 aromatic carbocycles. The smallest absolute Gasteiger partial charge is 0.258 e. The Balaban J connectivity index is 1.60. The predicted molar refractivity (Wildman–Crippen MR) is 87.6 cm³/mol. The van der Waals surface area contributed by atoms with Gasteiger partial charge in [0.05, 0.1) is 22.5 Å². The van der Waals surface area contributed by atoms with Crippen LogP contribution >= 0.6 is 11.3 Å². The van der Waals surface area contributed by atoms with Crippen LogP contribution in [0.1, 0.15) is 42.5 Å². The Labute approximate surface area is 133 Å². The van der Waals surface area contributed by atoms with E-state index in [-0.39, 0.29) is 5.91 Å². The average molecular weight is 313 g/mol. The molecule has 3 heterocycles. The first-order valence-electron chi connectivity index (χ1n) is 7.92. The minimum atomic E-state index is 0.149. The number of aromatic nitrogens is 2. The number of amides is 1. The van der Waals surface area contributed by atoms with Crippen LogP contribution in [0.3, 0.4) is 0 Å². The van der Waals surface area contributed by atoms with Crippen molar-refractivity contribution in [1.29, 1.82) is 0 Å². The summed E-state index contributed by atoms with van der Waals surface area (Å²) in [4.78, 5) is 23.2. The molecule has 22 heavy (non-hydrogen) atoms. The van der Waals surface area contributed by atoms with Gasteiger partial charge in [-0.15, -0.1) is 11.3 Å². The van der Waals surface area contributed by atoms with Gasteiger partial charge < -0.3 is 9.88 Å². The number of thiophene rings is 1. The van der Waals surface area contributed by atoms with Crippen molar-refractivity contribution in [2.75, 3.05) is 6.54 Å². The van der Waals surface area contributed by atoms with E-state index in [2.05, 4.69) is 16.0 Å². The van der Waals surface area contributed by atoms with Crippen LogP contribution in [0.25, 0.3) is 10.6 Å².